The van der Waals surface area contributed by atoms with E-state index in [2.05, 4.69) is 51.9 Å². The molecule has 3 nitrogen and oxygen atoms in total. The zero-order valence-corrected chi connectivity index (χ0v) is 19.0. The second-order valence-electron chi connectivity index (χ2n) is 10.3. The lowest BCUT2D eigenvalue weighted by Gasteiger charge is -2.29. The third-order valence-electron chi connectivity index (χ3n) is 7.04. The normalized spacial score (nSPS) is 28.9. The summed E-state index contributed by atoms with van der Waals surface area (Å²) in [5, 5.41) is 21.2. The van der Waals surface area contributed by atoms with Gasteiger partial charge < -0.3 is 15.1 Å². The summed E-state index contributed by atoms with van der Waals surface area (Å²) in [6, 6.07) is 0. The molecule has 0 saturated heterocycles. The summed E-state index contributed by atoms with van der Waals surface area (Å²) in [7, 11) is 4.28. The number of hydrogen-bond acceptors (Lipinski definition) is 3. The van der Waals surface area contributed by atoms with E-state index in [1.807, 2.05) is 6.08 Å². The molecule has 5 atom stereocenters. The molecule has 0 radical (unpaired) electrons. The zero-order valence-electron chi connectivity index (χ0n) is 19.0. The highest BCUT2D eigenvalue weighted by molar-refractivity contribution is 5.21. The number of allylic oxidation sites excluding steroid dienone is 2. The van der Waals surface area contributed by atoms with Crippen molar-refractivity contribution in [1.29, 1.82) is 0 Å². The van der Waals surface area contributed by atoms with E-state index in [0.717, 1.165) is 32.1 Å². The van der Waals surface area contributed by atoms with Gasteiger partial charge in [0.1, 0.15) is 0 Å². The first-order valence-corrected chi connectivity index (χ1v) is 11.6. The molecular formula is C25H45NO2. The molecule has 0 aromatic heterocycles. The van der Waals surface area contributed by atoms with Crippen molar-refractivity contribution in [3.8, 4) is 0 Å². The number of hydrogen-bond donors (Lipinski definition) is 2. The minimum atomic E-state index is -0.434. The van der Waals surface area contributed by atoms with Crippen molar-refractivity contribution >= 4 is 0 Å². The molecule has 0 amide bonds. The Hall–Kier alpha value is -0.640. The van der Waals surface area contributed by atoms with Crippen LogP contribution in [0.4, 0.5) is 0 Å². The Morgan fingerprint density at radius 1 is 1.21 bits per heavy atom. The maximum absolute atomic E-state index is 10.7. The number of aliphatic hydroxyl groups excluding tert-OH is 2. The molecule has 2 aliphatic rings. The molecule has 2 rings (SSSR count). The molecule has 0 unspecified atom stereocenters. The van der Waals surface area contributed by atoms with Crippen LogP contribution in [0, 0.1) is 23.2 Å². The van der Waals surface area contributed by atoms with Gasteiger partial charge in [-0.3, -0.25) is 0 Å². The van der Waals surface area contributed by atoms with E-state index in [4.69, 9.17) is 0 Å². The van der Waals surface area contributed by atoms with Gasteiger partial charge in [0.2, 0.25) is 0 Å². The average Bonchev–Trinajstić information content (AvgIpc) is 3.13. The van der Waals surface area contributed by atoms with Gasteiger partial charge in [-0.2, -0.15) is 0 Å². The molecule has 162 valence electrons. The van der Waals surface area contributed by atoms with Crippen LogP contribution in [0.3, 0.4) is 0 Å². The Morgan fingerprint density at radius 3 is 2.64 bits per heavy atom. The van der Waals surface area contributed by atoms with Gasteiger partial charge in [0.15, 0.2) is 0 Å². The van der Waals surface area contributed by atoms with Crippen LogP contribution in [0.15, 0.2) is 23.8 Å². The average molecular weight is 392 g/mol. The van der Waals surface area contributed by atoms with Crippen molar-refractivity contribution in [2.75, 3.05) is 20.6 Å². The Balaban J connectivity index is 1.83. The zero-order chi connectivity index (χ0) is 20.7. The molecule has 1 saturated carbocycles. The van der Waals surface area contributed by atoms with Crippen molar-refractivity contribution in [2.45, 2.75) is 90.8 Å². The third-order valence-corrected chi connectivity index (χ3v) is 7.04. The first-order valence-electron chi connectivity index (χ1n) is 11.6. The van der Waals surface area contributed by atoms with Crippen LogP contribution in [-0.4, -0.2) is 48.0 Å². The van der Waals surface area contributed by atoms with Crippen molar-refractivity contribution in [1.82, 2.24) is 4.90 Å². The Labute approximate surface area is 173 Å². The largest absolute Gasteiger partial charge is 0.392 e. The SMILES string of the molecule is CCCCC(C)(C)[C@@H](O)/C=C/[C@@H]1[C@H]2CC(CCCCCN(C)C)=C[C@H]2C[C@H]1O. The van der Waals surface area contributed by atoms with Gasteiger partial charge in [0, 0.05) is 5.92 Å². The van der Waals surface area contributed by atoms with Gasteiger partial charge in [0.25, 0.3) is 0 Å². The number of nitrogens with zero attached hydrogens (tertiary/aromatic N) is 1. The first-order chi connectivity index (χ1) is 13.2. The molecule has 0 bridgehead atoms. The van der Waals surface area contributed by atoms with Crippen LogP contribution < -0.4 is 0 Å². The number of rotatable bonds is 12. The summed E-state index contributed by atoms with van der Waals surface area (Å²) in [6.45, 7) is 7.68. The molecule has 2 N–H and O–H groups in total. The second-order valence-corrected chi connectivity index (χ2v) is 10.3. The summed E-state index contributed by atoms with van der Waals surface area (Å²) < 4.78 is 0. The lowest BCUT2D eigenvalue weighted by molar-refractivity contribution is 0.0798. The summed E-state index contributed by atoms with van der Waals surface area (Å²) in [6.07, 6.45) is 16.4. The summed E-state index contributed by atoms with van der Waals surface area (Å²) in [5.41, 5.74) is 1.51. The van der Waals surface area contributed by atoms with Gasteiger partial charge in [-0.1, -0.05) is 63.8 Å². The molecular weight excluding hydrogens is 346 g/mol. The van der Waals surface area contributed by atoms with Crippen molar-refractivity contribution in [3.05, 3.63) is 23.8 Å². The van der Waals surface area contributed by atoms with Crippen LogP contribution in [0.5, 0.6) is 0 Å². The van der Waals surface area contributed by atoms with E-state index in [1.54, 1.807) is 5.57 Å². The van der Waals surface area contributed by atoms with Gasteiger partial charge >= 0.3 is 0 Å². The Kier molecular flexibility index (Phi) is 9.24. The maximum atomic E-state index is 10.7. The third kappa shape index (κ3) is 6.71. The number of fused-ring (bicyclic) bond motifs is 1. The number of aliphatic hydroxyl groups is 2. The second kappa shape index (κ2) is 10.9. The lowest BCUT2D eigenvalue weighted by Crippen LogP contribution is -2.28. The smallest absolute Gasteiger partial charge is 0.0771 e. The molecule has 0 aromatic carbocycles. The lowest BCUT2D eigenvalue weighted by atomic mass is 9.80. The molecule has 0 aliphatic heterocycles. The molecule has 2 aliphatic carbocycles. The van der Waals surface area contributed by atoms with Crippen LogP contribution in [0.2, 0.25) is 0 Å². The minimum absolute atomic E-state index is 0.0961. The van der Waals surface area contributed by atoms with Crippen LogP contribution >= 0.6 is 0 Å². The predicted molar refractivity (Wildman–Crippen MR) is 119 cm³/mol. The van der Waals surface area contributed by atoms with Crippen LogP contribution in [0.25, 0.3) is 0 Å². The number of unbranched alkanes of at least 4 members (excludes halogenated alkanes) is 3. The first kappa shape index (κ1) is 23.6. The van der Waals surface area contributed by atoms with Gasteiger partial charge in [0.05, 0.1) is 12.2 Å². The molecule has 0 heterocycles. The highest BCUT2D eigenvalue weighted by Gasteiger charge is 2.43. The molecule has 1 fully saturated rings. The maximum Gasteiger partial charge on any atom is 0.0771 e. The van der Waals surface area contributed by atoms with Crippen LogP contribution in [-0.2, 0) is 0 Å². The molecule has 0 spiro atoms. The van der Waals surface area contributed by atoms with Crippen molar-refractivity contribution in [2.24, 2.45) is 23.2 Å². The summed E-state index contributed by atoms with van der Waals surface area (Å²) >= 11 is 0. The minimum Gasteiger partial charge on any atom is -0.392 e. The fraction of sp³-hybridized carbons (Fsp3) is 0.840. The van der Waals surface area contributed by atoms with E-state index in [-0.39, 0.29) is 17.4 Å². The summed E-state index contributed by atoms with van der Waals surface area (Å²) in [5.74, 6) is 1.27. The van der Waals surface area contributed by atoms with Gasteiger partial charge in [-0.25, -0.2) is 0 Å². The Bertz CT molecular complexity index is 523. The Morgan fingerprint density at radius 2 is 1.96 bits per heavy atom. The van der Waals surface area contributed by atoms with E-state index in [1.165, 1.54) is 32.2 Å². The molecule has 0 aromatic rings. The predicted octanol–water partition coefficient (Wildman–Crippen LogP) is 5.19. The van der Waals surface area contributed by atoms with E-state index < -0.39 is 6.10 Å². The topological polar surface area (TPSA) is 43.7 Å². The molecule has 28 heavy (non-hydrogen) atoms. The van der Waals surface area contributed by atoms with Crippen LogP contribution in [0.1, 0.15) is 78.6 Å². The van der Waals surface area contributed by atoms with Gasteiger partial charge in [-0.05, 0) is 76.4 Å². The van der Waals surface area contributed by atoms with E-state index >= 15 is 0 Å². The standard InChI is InChI=1S/C25H45NO2/c1-6-7-14-25(2,3)24(28)13-12-21-22-17-19(16-20(22)18-23(21)27)11-9-8-10-15-26(4)5/h12-13,16,20-24,27-28H,6-11,14-15,17-18H2,1-5H3/b13-12+/t20-,21+,22-,23+,24-/m0/s1. The van der Waals surface area contributed by atoms with E-state index in [0.29, 0.717) is 11.8 Å². The fourth-order valence-electron chi connectivity index (χ4n) is 5.02. The highest BCUT2D eigenvalue weighted by atomic mass is 16.3. The van der Waals surface area contributed by atoms with E-state index in [9.17, 15) is 10.2 Å². The summed E-state index contributed by atoms with van der Waals surface area (Å²) in [4.78, 5) is 2.26. The highest BCUT2D eigenvalue weighted by Crippen LogP contribution is 2.48. The quantitative estimate of drug-likeness (QED) is 0.356. The monoisotopic (exact) mass is 391 g/mol. The van der Waals surface area contributed by atoms with Gasteiger partial charge in [-0.15, -0.1) is 0 Å². The fourth-order valence-corrected chi connectivity index (χ4v) is 5.02. The van der Waals surface area contributed by atoms with Crippen molar-refractivity contribution in [3.63, 3.8) is 0 Å². The molecule has 3 heteroatoms. The van der Waals surface area contributed by atoms with Crippen molar-refractivity contribution < 1.29 is 10.2 Å².